The number of nitrogens with zero attached hydrogens (tertiary/aromatic N) is 2. The highest BCUT2D eigenvalue weighted by atomic mass is 16.5. The number of carboxylic acid groups (broad SMARTS) is 1. The van der Waals surface area contributed by atoms with Gasteiger partial charge in [0.2, 0.25) is 5.91 Å². The minimum absolute atomic E-state index is 0.0492. The number of carbonyl (C=O) groups is 2. The maximum Gasteiger partial charge on any atom is 0.303 e. The lowest BCUT2D eigenvalue weighted by Crippen LogP contribution is -2.45. The van der Waals surface area contributed by atoms with Gasteiger partial charge in [-0.2, -0.15) is 5.10 Å². The van der Waals surface area contributed by atoms with Gasteiger partial charge in [-0.15, -0.1) is 0 Å². The number of ether oxygens (including phenoxy) is 2. The Morgan fingerprint density at radius 1 is 1.06 bits per heavy atom. The van der Waals surface area contributed by atoms with Gasteiger partial charge in [-0.1, -0.05) is 18.6 Å². The molecular formula is C24H32N2O5. The quantitative estimate of drug-likeness (QED) is 0.420. The van der Waals surface area contributed by atoms with Gasteiger partial charge < -0.3 is 14.6 Å². The normalized spacial score (nSPS) is 20.3. The molecule has 1 amide bonds. The van der Waals surface area contributed by atoms with E-state index in [2.05, 4.69) is 12.2 Å². The third-order valence-corrected chi connectivity index (χ3v) is 5.68. The molecule has 1 N–H and O–H groups in total. The third kappa shape index (κ3) is 5.66. The highest BCUT2D eigenvalue weighted by Crippen LogP contribution is 2.37. The van der Waals surface area contributed by atoms with Crippen LogP contribution in [0.2, 0.25) is 0 Å². The number of carboxylic acids is 1. The molecule has 0 spiro atoms. The molecule has 1 heterocycles. The minimum Gasteiger partial charge on any atom is -0.490 e. The van der Waals surface area contributed by atoms with Crippen LogP contribution in [0, 0.1) is 11.8 Å². The summed E-state index contributed by atoms with van der Waals surface area (Å²) in [5, 5.41) is 15.2. The smallest absolute Gasteiger partial charge is 0.303 e. The molecule has 168 valence electrons. The topological polar surface area (TPSA) is 88.4 Å². The molecule has 1 aliphatic heterocycles. The second-order valence-corrected chi connectivity index (χ2v) is 7.83. The maximum absolute atomic E-state index is 13.1. The lowest BCUT2D eigenvalue weighted by Gasteiger charge is -2.37. The first-order valence-electron chi connectivity index (χ1n) is 11.2. The molecule has 2 atom stereocenters. The molecule has 0 saturated carbocycles. The lowest BCUT2D eigenvalue weighted by atomic mass is 9.76. The summed E-state index contributed by atoms with van der Waals surface area (Å²) in [4.78, 5) is 23.8. The van der Waals surface area contributed by atoms with Crippen molar-refractivity contribution in [2.45, 2.75) is 52.4 Å². The molecule has 1 aliphatic carbocycles. The summed E-state index contributed by atoms with van der Waals surface area (Å²) in [6, 6.07) is 5.86. The number of fused-ring (bicyclic) bond motifs is 1. The summed E-state index contributed by atoms with van der Waals surface area (Å²) in [6.45, 7) is 5.47. The van der Waals surface area contributed by atoms with Gasteiger partial charge in [0.15, 0.2) is 11.5 Å². The van der Waals surface area contributed by atoms with E-state index in [0.717, 1.165) is 30.5 Å². The molecule has 31 heavy (non-hydrogen) atoms. The lowest BCUT2D eigenvalue weighted by molar-refractivity contribution is -0.138. The average molecular weight is 429 g/mol. The number of hydrogen-bond acceptors (Lipinski definition) is 5. The van der Waals surface area contributed by atoms with E-state index < -0.39 is 5.97 Å². The van der Waals surface area contributed by atoms with Crippen molar-refractivity contribution in [2.24, 2.45) is 16.9 Å². The Morgan fingerprint density at radius 2 is 1.77 bits per heavy atom. The van der Waals surface area contributed by atoms with Gasteiger partial charge in [0.1, 0.15) is 0 Å². The van der Waals surface area contributed by atoms with Gasteiger partial charge in [0.05, 0.1) is 24.8 Å². The van der Waals surface area contributed by atoms with Crippen LogP contribution in [0.3, 0.4) is 0 Å². The van der Waals surface area contributed by atoms with Gasteiger partial charge in [0.25, 0.3) is 0 Å². The van der Waals surface area contributed by atoms with Crippen LogP contribution >= 0.6 is 0 Å². The highest BCUT2D eigenvalue weighted by Gasteiger charge is 2.39. The summed E-state index contributed by atoms with van der Waals surface area (Å²) in [5.74, 6) is 0.603. The number of unbranched alkanes of at least 4 members (excludes halogenated alkanes) is 2. The van der Waals surface area contributed by atoms with E-state index >= 15 is 0 Å². The molecule has 0 radical (unpaired) electrons. The molecule has 1 aromatic rings. The molecule has 0 fully saturated rings. The van der Waals surface area contributed by atoms with Gasteiger partial charge >= 0.3 is 5.97 Å². The first kappa shape index (κ1) is 22.8. The average Bonchev–Trinajstić information content (AvgIpc) is 2.76. The Morgan fingerprint density at radius 3 is 2.48 bits per heavy atom. The maximum atomic E-state index is 13.1. The van der Waals surface area contributed by atoms with Crippen molar-refractivity contribution in [2.75, 3.05) is 19.8 Å². The summed E-state index contributed by atoms with van der Waals surface area (Å²) in [6.07, 6.45) is 7.97. The summed E-state index contributed by atoms with van der Waals surface area (Å²) in [7, 11) is 0. The molecule has 0 unspecified atom stereocenters. The van der Waals surface area contributed by atoms with E-state index in [4.69, 9.17) is 19.7 Å². The zero-order valence-corrected chi connectivity index (χ0v) is 18.4. The van der Waals surface area contributed by atoms with Crippen LogP contribution in [0.4, 0.5) is 0 Å². The first-order valence-corrected chi connectivity index (χ1v) is 11.2. The van der Waals surface area contributed by atoms with Crippen LogP contribution < -0.4 is 9.47 Å². The summed E-state index contributed by atoms with van der Waals surface area (Å²) >= 11 is 0. The van der Waals surface area contributed by atoms with Gasteiger partial charge in [0, 0.05) is 24.4 Å². The van der Waals surface area contributed by atoms with Crippen LogP contribution in [0.1, 0.15) is 57.9 Å². The third-order valence-electron chi connectivity index (χ3n) is 5.68. The fraction of sp³-hybridized carbons (Fsp3) is 0.542. The van der Waals surface area contributed by atoms with Crippen molar-refractivity contribution in [1.29, 1.82) is 0 Å². The second kappa shape index (κ2) is 11.0. The predicted molar refractivity (Wildman–Crippen MR) is 118 cm³/mol. The zero-order chi connectivity index (χ0) is 22.2. The first-order chi connectivity index (χ1) is 15.0. The number of benzene rings is 1. The van der Waals surface area contributed by atoms with Crippen LogP contribution in [0.15, 0.2) is 35.5 Å². The predicted octanol–water partition coefficient (Wildman–Crippen LogP) is 4.26. The van der Waals surface area contributed by atoms with Crippen molar-refractivity contribution in [3.05, 3.63) is 35.9 Å². The number of carbonyl (C=O) groups excluding carboxylic acids is 1. The number of aliphatic carboxylic acids is 1. The summed E-state index contributed by atoms with van der Waals surface area (Å²) < 4.78 is 11.5. The van der Waals surface area contributed by atoms with E-state index in [1.807, 2.05) is 32.0 Å². The molecule has 0 saturated heterocycles. The number of amides is 1. The standard InChI is InChI=1S/C24H32N2O5/c1-3-30-20-14-13-17(16-21(20)31-4-2)23-18-10-7-8-11-19(18)24(29)26(25-23)15-9-5-6-12-22(27)28/h7-8,13-14,16,18-19H,3-6,9-12,15H2,1-2H3,(H,27,28)/t18-,19+/m0/s1. The SMILES string of the molecule is CCOc1ccc(C2=NN(CCCCCC(=O)O)C(=O)[C@@H]3CC=CC[C@H]23)cc1OCC. The number of hydrazone groups is 1. The van der Waals surface area contributed by atoms with Crippen LogP contribution in [-0.2, 0) is 9.59 Å². The highest BCUT2D eigenvalue weighted by molar-refractivity contribution is 6.07. The van der Waals surface area contributed by atoms with Crippen molar-refractivity contribution in [3.63, 3.8) is 0 Å². The summed E-state index contributed by atoms with van der Waals surface area (Å²) in [5.41, 5.74) is 1.85. The Bertz CT molecular complexity index is 848. The van der Waals surface area contributed by atoms with Crippen LogP contribution in [0.5, 0.6) is 11.5 Å². The van der Waals surface area contributed by atoms with E-state index in [-0.39, 0.29) is 24.2 Å². The molecule has 0 bridgehead atoms. The van der Waals surface area contributed by atoms with E-state index in [0.29, 0.717) is 44.1 Å². The largest absolute Gasteiger partial charge is 0.490 e. The van der Waals surface area contributed by atoms with Crippen LogP contribution in [0.25, 0.3) is 0 Å². The monoisotopic (exact) mass is 428 g/mol. The minimum atomic E-state index is -0.785. The fourth-order valence-electron chi connectivity index (χ4n) is 4.19. The Kier molecular flexibility index (Phi) is 8.09. The molecular weight excluding hydrogens is 396 g/mol. The molecule has 7 heteroatoms. The Balaban J connectivity index is 1.84. The molecule has 1 aromatic carbocycles. The molecule has 2 aliphatic rings. The fourth-order valence-corrected chi connectivity index (χ4v) is 4.19. The van der Waals surface area contributed by atoms with Crippen molar-refractivity contribution in [1.82, 2.24) is 5.01 Å². The Labute approximate surface area is 183 Å². The zero-order valence-electron chi connectivity index (χ0n) is 18.4. The van der Waals surface area contributed by atoms with Crippen molar-refractivity contribution < 1.29 is 24.2 Å². The van der Waals surface area contributed by atoms with Crippen LogP contribution in [-0.4, -0.2) is 47.5 Å². The van der Waals surface area contributed by atoms with Crippen molar-refractivity contribution >= 4 is 17.6 Å². The van der Waals surface area contributed by atoms with E-state index in [9.17, 15) is 9.59 Å². The molecule has 3 rings (SSSR count). The van der Waals surface area contributed by atoms with Gasteiger partial charge in [-0.05, 0) is 57.7 Å². The molecule has 0 aromatic heterocycles. The number of hydrogen-bond donors (Lipinski definition) is 1. The molecule has 7 nitrogen and oxygen atoms in total. The Hall–Kier alpha value is -2.83. The van der Waals surface area contributed by atoms with Crippen molar-refractivity contribution in [3.8, 4) is 11.5 Å². The number of allylic oxidation sites excluding steroid dienone is 2. The van der Waals surface area contributed by atoms with Gasteiger partial charge in [-0.25, -0.2) is 5.01 Å². The van der Waals surface area contributed by atoms with Gasteiger partial charge in [-0.3, -0.25) is 9.59 Å². The van der Waals surface area contributed by atoms with E-state index in [1.54, 1.807) is 5.01 Å². The second-order valence-electron chi connectivity index (χ2n) is 7.83. The van der Waals surface area contributed by atoms with E-state index in [1.165, 1.54) is 0 Å². The number of rotatable bonds is 11.